The molecule has 0 radical (unpaired) electrons. The topological polar surface area (TPSA) is 68.0 Å². The van der Waals surface area contributed by atoms with Gasteiger partial charge in [-0.2, -0.15) is 0 Å². The van der Waals surface area contributed by atoms with Gasteiger partial charge in [-0.05, 0) is 34.5 Å². The van der Waals surface area contributed by atoms with Gasteiger partial charge in [0.05, 0.1) is 11.7 Å². The summed E-state index contributed by atoms with van der Waals surface area (Å²) < 4.78 is 0.613. The van der Waals surface area contributed by atoms with Gasteiger partial charge < -0.3 is 11.1 Å². The Bertz CT molecular complexity index is 343. The maximum absolute atomic E-state index is 11.6. The van der Waals surface area contributed by atoms with E-state index in [1.54, 1.807) is 18.3 Å². The van der Waals surface area contributed by atoms with Gasteiger partial charge >= 0.3 is 0 Å². The Morgan fingerprint density at radius 2 is 2.47 bits per heavy atom. The number of anilines is 1. The summed E-state index contributed by atoms with van der Waals surface area (Å²) in [5.74, 6) is -0.175. The van der Waals surface area contributed by atoms with Gasteiger partial charge in [0.2, 0.25) is 5.91 Å². The molecule has 0 aliphatic carbocycles. The normalized spacial score (nSPS) is 12.2. The summed E-state index contributed by atoms with van der Waals surface area (Å²) in [6.45, 7) is 1.99. The Labute approximate surface area is 97.4 Å². The lowest BCUT2D eigenvalue weighted by molar-refractivity contribution is -0.117. The largest absolute Gasteiger partial charge is 0.322 e. The van der Waals surface area contributed by atoms with Crippen LogP contribution in [0.3, 0.4) is 0 Å². The van der Waals surface area contributed by atoms with Crippen LogP contribution in [0.15, 0.2) is 22.9 Å². The van der Waals surface area contributed by atoms with E-state index in [0.29, 0.717) is 16.7 Å². The van der Waals surface area contributed by atoms with Crippen molar-refractivity contribution in [1.29, 1.82) is 0 Å². The fourth-order valence-electron chi connectivity index (χ4n) is 1.15. The summed E-state index contributed by atoms with van der Waals surface area (Å²) >= 11 is 3.25. The van der Waals surface area contributed by atoms with Gasteiger partial charge in [-0.15, -0.1) is 0 Å². The molecule has 4 nitrogen and oxygen atoms in total. The van der Waals surface area contributed by atoms with Gasteiger partial charge in [0.15, 0.2) is 0 Å². The van der Waals surface area contributed by atoms with E-state index in [-0.39, 0.29) is 5.91 Å². The zero-order valence-electron chi connectivity index (χ0n) is 8.53. The van der Waals surface area contributed by atoms with Crippen LogP contribution in [-0.4, -0.2) is 16.9 Å². The molecule has 1 amide bonds. The number of pyridine rings is 1. The maximum Gasteiger partial charge on any atom is 0.241 e. The highest BCUT2D eigenvalue weighted by Gasteiger charge is 2.13. The van der Waals surface area contributed by atoms with Crippen LogP contribution < -0.4 is 11.1 Å². The number of halogens is 1. The van der Waals surface area contributed by atoms with Crippen LogP contribution in [0.1, 0.15) is 19.8 Å². The van der Waals surface area contributed by atoms with Gasteiger partial charge in [-0.3, -0.25) is 4.79 Å². The third-order valence-electron chi connectivity index (χ3n) is 1.95. The minimum Gasteiger partial charge on any atom is -0.322 e. The van der Waals surface area contributed by atoms with Crippen molar-refractivity contribution in [3.63, 3.8) is 0 Å². The van der Waals surface area contributed by atoms with Gasteiger partial charge in [0.1, 0.15) is 4.60 Å². The maximum atomic E-state index is 11.6. The Balaban J connectivity index is 2.62. The minimum absolute atomic E-state index is 0.175. The third-order valence-corrected chi connectivity index (χ3v) is 2.59. The van der Waals surface area contributed by atoms with Crippen LogP contribution in [0.4, 0.5) is 5.69 Å². The van der Waals surface area contributed by atoms with Crippen molar-refractivity contribution >= 4 is 27.5 Å². The van der Waals surface area contributed by atoms with Gasteiger partial charge in [0, 0.05) is 6.20 Å². The second-order valence-corrected chi connectivity index (χ2v) is 3.98. The van der Waals surface area contributed by atoms with Crippen LogP contribution in [0.5, 0.6) is 0 Å². The lowest BCUT2D eigenvalue weighted by Crippen LogP contribution is -2.35. The Kier molecular flexibility index (Phi) is 4.71. The molecule has 0 fully saturated rings. The lowest BCUT2D eigenvalue weighted by atomic mass is 10.1. The van der Waals surface area contributed by atoms with Crippen molar-refractivity contribution in [2.24, 2.45) is 5.73 Å². The molecule has 1 heterocycles. The molecule has 1 atom stereocenters. The van der Waals surface area contributed by atoms with E-state index in [2.05, 4.69) is 26.2 Å². The lowest BCUT2D eigenvalue weighted by Gasteiger charge is -2.11. The van der Waals surface area contributed by atoms with Crippen molar-refractivity contribution in [2.75, 3.05) is 5.32 Å². The molecule has 0 spiro atoms. The number of hydrogen-bond acceptors (Lipinski definition) is 3. The number of hydrogen-bond donors (Lipinski definition) is 2. The zero-order valence-corrected chi connectivity index (χ0v) is 10.1. The molecular weight excluding hydrogens is 258 g/mol. The molecule has 0 unspecified atom stereocenters. The first-order valence-electron chi connectivity index (χ1n) is 4.82. The number of aromatic nitrogens is 1. The summed E-state index contributed by atoms with van der Waals surface area (Å²) in [4.78, 5) is 15.6. The monoisotopic (exact) mass is 271 g/mol. The fraction of sp³-hybridized carbons (Fsp3) is 0.400. The van der Waals surface area contributed by atoms with Crippen molar-refractivity contribution in [1.82, 2.24) is 4.98 Å². The number of carbonyl (C=O) groups is 1. The number of carbonyl (C=O) groups excluding carboxylic acids is 1. The van der Waals surface area contributed by atoms with E-state index in [4.69, 9.17) is 5.73 Å². The minimum atomic E-state index is -0.456. The summed E-state index contributed by atoms with van der Waals surface area (Å²) in [5, 5.41) is 2.72. The van der Waals surface area contributed by atoms with Crippen LogP contribution in [0.2, 0.25) is 0 Å². The van der Waals surface area contributed by atoms with Crippen molar-refractivity contribution in [3.8, 4) is 0 Å². The molecule has 1 aromatic heterocycles. The van der Waals surface area contributed by atoms with Gasteiger partial charge in [0.25, 0.3) is 0 Å². The van der Waals surface area contributed by atoms with E-state index >= 15 is 0 Å². The van der Waals surface area contributed by atoms with E-state index in [1.807, 2.05) is 6.92 Å². The molecular formula is C10H14BrN3O. The Morgan fingerprint density at radius 3 is 3.07 bits per heavy atom. The Hall–Kier alpha value is -0.940. The molecule has 0 aromatic carbocycles. The second-order valence-electron chi connectivity index (χ2n) is 3.23. The Morgan fingerprint density at radius 1 is 1.73 bits per heavy atom. The molecule has 0 aliphatic heterocycles. The van der Waals surface area contributed by atoms with E-state index < -0.39 is 6.04 Å². The first-order valence-corrected chi connectivity index (χ1v) is 5.61. The molecule has 0 saturated carbocycles. The van der Waals surface area contributed by atoms with Crippen LogP contribution >= 0.6 is 15.9 Å². The van der Waals surface area contributed by atoms with E-state index in [9.17, 15) is 4.79 Å². The molecule has 0 aliphatic rings. The SMILES string of the molecule is CCC[C@@H](N)C(=O)Nc1cccnc1Br. The average Bonchev–Trinajstić information content (AvgIpc) is 2.21. The highest BCUT2D eigenvalue weighted by Crippen LogP contribution is 2.18. The first-order chi connectivity index (χ1) is 7.15. The second kappa shape index (κ2) is 5.82. The number of nitrogens with zero attached hydrogens (tertiary/aromatic N) is 1. The summed E-state index contributed by atoms with van der Waals surface area (Å²) in [6, 6.07) is 3.07. The summed E-state index contributed by atoms with van der Waals surface area (Å²) in [7, 11) is 0. The van der Waals surface area contributed by atoms with Crippen LogP contribution in [0, 0.1) is 0 Å². The standard InChI is InChI=1S/C10H14BrN3O/c1-2-4-7(12)10(15)14-8-5-3-6-13-9(8)11/h3,5-7H,2,4,12H2,1H3,(H,14,15)/t7-/m1/s1. The number of nitrogens with one attached hydrogen (secondary N) is 1. The molecule has 0 bridgehead atoms. The van der Waals surface area contributed by atoms with Crippen LogP contribution in [-0.2, 0) is 4.79 Å². The average molecular weight is 272 g/mol. The molecule has 15 heavy (non-hydrogen) atoms. The third kappa shape index (κ3) is 3.60. The number of amides is 1. The van der Waals surface area contributed by atoms with Crippen LogP contribution in [0.25, 0.3) is 0 Å². The number of nitrogens with two attached hydrogens (primary N) is 1. The van der Waals surface area contributed by atoms with Crippen molar-refractivity contribution in [2.45, 2.75) is 25.8 Å². The molecule has 3 N–H and O–H groups in total. The van der Waals surface area contributed by atoms with Crippen molar-refractivity contribution in [3.05, 3.63) is 22.9 Å². The van der Waals surface area contributed by atoms with E-state index in [1.165, 1.54) is 0 Å². The van der Waals surface area contributed by atoms with E-state index in [0.717, 1.165) is 6.42 Å². The summed E-state index contributed by atoms with van der Waals surface area (Å²) in [6.07, 6.45) is 3.22. The smallest absolute Gasteiger partial charge is 0.241 e. The first kappa shape index (κ1) is 12.1. The van der Waals surface area contributed by atoms with Gasteiger partial charge in [-0.1, -0.05) is 13.3 Å². The summed E-state index contributed by atoms with van der Waals surface area (Å²) in [5.41, 5.74) is 6.33. The van der Waals surface area contributed by atoms with Gasteiger partial charge in [-0.25, -0.2) is 4.98 Å². The highest BCUT2D eigenvalue weighted by molar-refractivity contribution is 9.10. The predicted octanol–water partition coefficient (Wildman–Crippen LogP) is 1.91. The van der Waals surface area contributed by atoms with Crippen molar-refractivity contribution < 1.29 is 4.79 Å². The quantitative estimate of drug-likeness (QED) is 0.823. The molecule has 5 heteroatoms. The fourth-order valence-corrected chi connectivity index (χ4v) is 1.50. The molecule has 1 aromatic rings. The zero-order chi connectivity index (χ0) is 11.3. The molecule has 82 valence electrons. The predicted molar refractivity (Wildman–Crippen MR) is 63.5 cm³/mol. The molecule has 1 rings (SSSR count). The molecule has 0 saturated heterocycles. The highest BCUT2D eigenvalue weighted by atomic mass is 79.9. The number of rotatable bonds is 4.